The maximum absolute atomic E-state index is 12.7. The van der Waals surface area contributed by atoms with Gasteiger partial charge in [0.05, 0.1) is 7.11 Å². The van der Waals surface area contributed by atoms with Gasteiger partial charge in [0.1, 0.15) is 11.6 Å². The van der Waals surface area contributed by atoms with Crippen molar-refractivity contribution >= 4 is 22.7 Å². The van der Waals surface area contributed by atoms with Crippen LogP contribution in [-0.2, 0) is 6.42 Å². The standard InChI is InChI=1S/C22H31N5O2S/c1-29-19-10-5-7-17(15-19)16-20-24-22(30-25-20)27-12-6-11-26(13-14-27)21(28)23-18-8-3-2-4-9-18/h5,7,10,15,18H,2-4,6,8-9,11-14,16H2,1H3,(H,23,28). The Bertz CT molecular complexity index is 836. The van der Waals surface area contributed by atoms with E-state index >= 15 is 0 Å². The Morgan fingerprint density at radius 2 is 2.03 bits per heavy atom. The van der Waals surface area contributed by atoms with Crippen molar-refractivity contribution < 1.29 is 9.53 Å². The lowest BCUT2D eigenvalue weighted by Crippen LogP contribution is -2.46. The maximum Gasteiger partial charge on any atom is 0.317 e. The molecule has 1 saturated heterocycles. The summed E-state index contributed by atoms with van der Waals surface area (Å²) in [5.41, 5.74) is 1.14. The molecule has 7 nitrogen and oxygen atoms in total. The molecule has 2 heterocycles. The molecule has 0 radical (unpaired) electrons. The lowest BCUT2D eigenvalue weighted by Gasteiger charge is -2.27. The summed E-state index contributed by atoms with van der Waals surface area (Å²) in [6, 6.07) is 8.47. The van der Waals surface area contributed by atoms with Gasteiger partial charge in [0.25, 0.3) is 0 Å². The first-order valence-corrected chi connectivity index (χ1v) is 11.7. The van der Waals surface area contributed by atoms with E-state index in [0.29, 0.717) is 12.5 Å². The summed E-state index contributed by atoms with van der Waals surface area (Å²) >= 11 is 1.45. The van der Waals surface area contributed by atoms with Gasteiger partial charge in [0, 0.05) is 50.2 Å². The monoisotopic (exact) mass is 429 g/mol. The number of hydrogen-bond donors (Lipinski definition) is 1. The van der Waals surface area contributed by atoms with Crippen molar-refractivity contribution in [2.45, 2.75) is 51.0 Å². The van der Waals surface area contributed by atoms with Crippen molar-refractivity contribution in [2.75, 3.05) is 38.2 Å². The smallest absolute Gasteiger partial charge is 0.317 e. The molecule has 1 aromatic heterocycles. The van der Waals surface area contributed by atoms with Crippen LogP contribution in [0.3, 0.4) is 0 Å². The highest BCUT2D eigenvalue weighted by Crippen LogP contribution is 2.22. The van der Waals surface area contributed by atoms with Gasteiger partial charge in [-0.25, -0.2) is 9.78 Å². The minimum atomic E-state index is 0.0970. The molecule has 2 aliphatic rings. The van der Waals surface area contributed by atoms with E-state index in [4.69, 9.17) is 9.72 Å². The average Bonchev–Trinajstić information content (AvgIpc) is 3.09. The van der Waals surface area contributed by atoms with E-state index < -0.39 is 0 Å². The number of urea groups is 1. The van der Waals surface area contributed by atoms with Crippen LogP contribution in [0, 0.1) is 0 Å². The molecule has 1 aromatic carbocycles. The Morgan fingerprint density at radius 3 is 2.87 bits per heavy atom. The van der Waals surface area contributed by atoms with Crippen molar-refractivity contribution in [1.29, 1.82) is 0 Å². The second kappa shape index (κ2) is 10.1. The fourth-order valence-corrected chi connectivity index (χ4v) is 4.97. The summed E-state index contributed by atoms with van der Waals surface area (Å²) in [7, 11) is 1.68. The molecule has 0 bridgehead atoms. The van der Waals surface area contributed by atoms with Gasteiger partial charge in [-0.2, -0.15) is 4.37 Å². The zero-order valence-corrected chi connectivity index (χ0v) is 18.5. The van der Waals surface area contributed by atoms with Gasteiger partial charge in [0.15, 0.2) is 0 Å². The first-order valence-electron chi connectivity index (χ1n) is 11.0. The summed E-state index contributed by atoms with van der Waals surface area (Å²) in [6.45, 7) is 3.22. The van der Waals surface area contributed by atoms with E-state index in [0.717, 1.165) is 67.7 Å². The number of aromatic nitrogens is 2. The predicted molar refractivity (Wildman–Crippen MR) is 120 cm³/mol. The molecule has 1 aliphatic carbocycles. The molecule has 1 saturated carbocycles. The highest BCUT2D eigenvalue weighted by Gasteiger charge is 2.23. The predicted octanol–water partition coefficient (Wildman–Crippen LogP) is 3.69. The van der Waals surface area contributed by atoms with Crippen molar-refractivity contribution in [3.63, 3.8) is 0 Å². The maximum atomic E-state index is 12.7. The van der Waals surface area contributed by atoms with E-state index in [1.165, 1.54) is 30.8 Å². The number of carbonyl (C=O) groups is 1. The number of rotatable bonds is 5. The summed E-state index contributed by atoms with van der Waals surface area (Å²) in [5.74, 6) is 1.68. The number of hydrogen-bond acceptors (Lipinski definition) is 6. The van der Waals surface area contributed by atoms with Crippen molar-refractivity contribution in [1.82, 2.24) is 19.6 Å². The zero-order chi connectivity index (χ0) is 20.8. The van der Waals surface area contributed by atoms with Gasteiger partial charge < -0.3 is 19.9 Å². The highest BCUT2D eigenvalue weighted by atomic mass is 32.1. The average molecular weight is 430 g/mol. The molecule has 162 valence electrons. The minimum Gasteiger partial charge on any atom is -0.497 e. The summed E-state index contributed by atoms with van der Waals surface area (Å²) in [6.07, 6.45) is 7.63. The van der Waals surface area contributed by atoms with Crippen LogP contribution in [-0.4, -0.2) is 59.6 Å². The summed E-state index contributed by atoms with van der Waals surface area (Å²) < 4.78 is 9.86. The molecule has 1 N–H and O–H groups in total. The number of methoxy groups -OCH3 is 1. The van der Waals surface area contributed by atoms with Crippen LogP contribution in [0.5, 0.6) is 5.75 Å². The zero-order valence-electron chi connectivity index (χ0n) is 17.7. The second-order valence-electron chi connectivity index (χ2n) is 8.13. The van der Waals surface area contributed by atoms with Crippen molar-refractivity contribution in [2.24, 2.45) is 0 Å². The summed E-state index contributed by atoms with van der Waals surface area (Å²) in [4.78, 5) is 21.7. The quantitative estimate of drug-likeness (QED) is 0.785. The van der Waals surface area contributed by atoms with E-state index in [1.807, 2.05) is 23.1 Å². The first kappa shape index (κ1) is 20.9. The molecule has 8 heteroatoms. The topological polar surface area (TPSA) is 70.6 Å². The number of nitrogens with zero attached hydrogens (tertiary/aromatic N) is 4. The molecule has 30 heavy (non-hydrogen) atoms. The fourth-order valence-electron chi connectivity index (χ4n) is 4.23. The molecule has 4 rings (SSSR count). The Morgan fingerprint density at radius 1 is 1.17 bits per heavy atom. The lowest BCUT2D eigenvalue weighted by atomic mass is 9.96. The van der Waals surface area contributed by atoms with Gasteiger partial charge in [-0.3, -0.25) is 0 Å². The van der Waals surface area contributed by atoms with Crippen LogP contribution in [0.2, 0.25) is 0 Å². The Hall–Kier alpha value is -2.35. The number of nitrogens with one attached hydrogen (secondary N) is 1. The SMILES string of the molecule is COc1cccc(Cc2nsc(N3CCCN(C(=O)NC4CCCCC4)CC3)n2)c1. The number of benzene rings is 1. The fraction of sp³-hybridized carbons (Fsp3) is 0.591. The van der Waals surface area contributed by atoms with E-state index in [9.17, 15) is 4.79 Å². The first-order chi connectivity index (χ1) is 14.7. The Labute approximate surface area is 182 Å². The third-order valence-electron chi connectivity index (χ3n) is 5.94. The van der Waals surface area contributed by atoms with E-state index in [-0.39, 0.29) is 6.03 Å². The van der Waals surface area contributed by atoms with Crippen LogP contribution in [0.15, 0.2) is 24.3 Å². The molecule has 2 aromatic rings. The Kier molecular flexibility index (Phi) is 7.04. The molecule has 0 unspecified atom stereocenters. The van der Waals surface area contributed by atoms with Crippen molar-refractivity contribution in [3.8, 4) is 5.75 Å². The number of carbonyl (C=O) groups excluding carboxylic acids is 1. The van der Waals surface area contributed by atoms with Crippen molar-refractivity contribution in [3.05, 3.63) is 35.7 Å². The van der Waals surface area contributed by atoms with Crippen LogP contribution in [0.25, 0.3) is 0 Å². The molecular weight excluding hydrogens is 398 g/mol. The molecule has 2 fully saturated rings. The molecule has 0 atom stereocenters. The number of amides is 2. The normalized spacial score (nSPS) is 18.2. The molecule has 1 aliphatic heterocycles. The number of anilines is 1. The third-order valence-corrected chi connectivity index (χ3v) is 6.75. The largest absolute Gasteiger partial charge is 0.497 e. The van der Waals surface area contributed by atoms with Crippen LogP contribution in [0.1, 0.15) is 49.9 Å². The molecule has 0 spiro atoms. The van der Waals surface area contributed by atoms with Gasteiger partial charge in [-0.1, -0.05) is 31.4 Å². The summed E-state index contributed by atoms with van der Waals surface area (Å²) in [5, 5.41) is 4.19. The van der Waals surface area contributed by atoms with Gasteiger partial charge in [0.2, 0.25) is 5.13 Å². The van der Waals surface area contributed by atoms with Crippen LogP contribution in [0.4, 0.5) is 9.93 Å². The van der Waals surface area contributed by atoms with Crippen LogP contribution < -0.4 is 15.0 Å². The Balaban J connectivity index is 1.31. The second-order valence-corrected chi connectivity index (χ2v) is 8.86. The highest BCUT2D eigenvalue weighted by molar-refractivity contribution is 7.09. The van der Waals surface area contributed by atoms with Gasteiger partial charge >= 0.3 is 6.03 Å². The van der Waals surface area contributed by atoms with Gasteiger partial charge in [-0.05, 0) is 37.0 Å². The van der Waals surface area contributed by atoms with Gasteiger partial charge in [-0.15, -0.1) is 0 Å². The number of ether oxygens (including phenoxy) is 1. The molecular formula is C22H31N5O2S. The minimum absolute atomic E-state index is 0.0970. The molecule has 2 amide bonds. The lowest BCUT2D eigenvalue weighted by molar-refractivity contribution is 0.193. The van der Waals surface area contributed by atoms with Crippen LogP contribution >= 0.6 is 11.5 Å². The third kappa shape index (κ3) is 5.41. The van der Waals surface area contributed by atoms with E-state index in [2.05, 4.69) is 20.7 Å². The van der Waals surface area contributed by atoms with E-state index in [1.54, 1.807) is 7.11 Å².